The first kappa shape index (κ1) is 5.66. The van der Waals surface area contributed by atoms with Gasteiger partial charge in [-0.1, -0.05) is 13.8 Å². The molecule has 0 aliphatic carbocycles. The minimum atomic E-state index is -0.0686. The first-order valence-corrected chi connectivity index (χ1v) is 5.89. The first-order valence-electron chi connectivity index (χ1n) is 2.54. The highest BCUT2D eigenvalue weighted by Gasteiger charge is 2.21. The van der Waals surface area contributed by atoms with Crippen LogP contribution >= 0.6 is 11.2 Å². The van der Waals surface area contributed by atoms with Crippen LogP contribution in [0.5, 0.6) is 0 Å². The van der Waals surface area contributed by atoms with Crippen LogP contribution in [0.2, 0.25) is 0 Å². The SMILES string of the molecule is CC(C)C1O[SiH2]S1. The van der Waals surface area contributed by atoms with Crippen LogP contribution in [-0.4, -0.2) is 14.3 Å². The second-order valence-corrected chi connectivity index (χ2v) is 5.14. The van der Waals surface area contributed by atoms with E-state index in [1.165, 1.54) is 0 Å². The van der Waals surface area contributed by atoms with Gasteiger partial charge in [0, 0.05) is 0 Å². The Morgan fingerprint density at radius 3 is 2.29 bits per heavy atom. The van der Waals surface area contributed by atoms with E-state index in [0.29, 0.717) is 5.44 Å². The van der Waals surface area contributed by atoms with Crippen molar-refractivity contribution >= 4 is 20.1 Å². The lowest BCUT2D eigenvalue weighted by atomic mass is 10.2. The molecule has 0 spiro atoms. The highest BCUT2D eigenvalue weighted by atomic mass is 32.4. The van der Waals surface area contributed by atoms with E-state index in [2.05, 4.69) is 13.8 Å². The van der Waals surface area contributed by atoms with Crippen molar-refractivity contribution in [1.82, 2.24) is 0 Å². The molecular formula is C4H10OSSi. The van der Waals surface area contributed by atoms with Crippen LogP contribution in [0, 0.1) is 5.92 Å². The molecule has 0 aromatic rings. The predicted octanol–water partition coefficient (Wildman–Crippen LogP) is 0.731. The van der Waals surface area contributed by atoms with Gasteiger partial charge in [-0.2, -0.15) is 0 Å². The summed E-state index contributed by atoms with van der Waals surface area (Å²) in [4.78, 5) is 0. The summed E-state index contributed by atoms with van der Waals surface area (Å²) in [5, 5.41) is 0. The predicted molar refractivity (Wildman–Crippen MR) is 35.8 cm³/mol. The standard InChI is InChI=1S/C4H10OSSi/c1-3(2)4-5-7-6-4/h3-4H,7H2,1-2H3. The van der Waals surface area contributed by atoms with E-state index in [0.717, 1.165) is 5.92 Å². The summed E-state index contributed by atoms with van der Waals surface area (Å²) in [5.74, 6) is 0.728. The Balaban J connectivity index is 2.14. The van der Waals surface area contributed by atoms with E-state index in [4.69, 9.17) is 4.43 Å². The van der Waals surface area contributed by atoms with E-state index in [1.54, 1.807) is 0 Å². The number of hydrogen-bond donors (Lipinski definition) is 0. The van der Waals surface area contributed by atoms with Crippen LogP contribution in [0.3, 0.4) is 0 Å². The highest BCUT2D eigenvalue weighted by Crippen LogP contribution is 2.27. The average Bonchev–Trinajstić information content (AvgIpc) is 1.23. The lowest BCUT2D eigenvalue weighted by Gasteiger charge is -2.28. The Labute approximate surface area is 50.4 Å². The van der Waals surface area contributed by atoms with Crippen molar-refractivity contribution in [3.63, 3.8) is 0 Å². The van der Waals surface area contributed by atoms with Gasteiger partial charge in [-0.25, -0.2) is 0 Å². The molecule has 1 fully saturated rings. The van der Waals surface area contributed by atoms with Gasteiger partial charge in [0.2, 0.25) is 8.91 Å². The van der Waals surface area contributed by atoms with Gasteiger partial charge in [0.1, 0.15) is 0 Å². The van der Waals surface area contributed by atoms with E-state index in [1.807, 2.05) is 11.2 Å². The minimum Gasteiger partial charge on any atom is -0.401 e. The summed E-state index contributed by atoms with van der Waals surface area (Å²) in [6, 6.07) is 0. The van der Waals surface area contributed by atoms with Crippen molar-refractivity contribution < 1.29 is 4.43 Å². The molecule has 42 valence electrons. The van der Waals surface area contributed by atoms with Gasteiger partial charge in [-0.3, -0.25) is 0 Å². The average molecular weight is 134 g/mol. The largest absolute Gasteiger partial charge is 0.401 e. The summed E-state index contributed by atoms with van der Waals surface area (Å²) in [7, 11) is -0.0686. The Hall–Kier alpha value is 0.527. The van der Waals surface area contributed by atoms with E-state index < -0.39 is 0 Å². The molecule has 7 heavy (non-hydrogen) atoms. The molecule has 1 atom stereocenters. The van der Waals surface area contributed by atoms with Crippen molar-refractivity contribution in [2.24, 2.45) is 5.92 Å². The zero-order valence-electron chi connectivity index (χ0n) is 4.68. The fourth-order valence-electron chi connectivity index (χ4n) is 0.532. The van der Waals surface area contributed by atoms with Crippen molar-refractivity contribution in [2.75, 3.05) is 0 Å². The lowest BCUT2D eigenvalue weighted by Crippen LogP contribution is -2.27. The zero-order chi connectivity index (χ0) is 5.28. The van der Waals surface area contributed by atoms with Crippen LogP contribution in [0.25, 0.3) is 0 Å². The van der Waals surface area contributed by atoms with E-state index in [-0.39, 0.29) is 8.91 Å². The molecule has 0 N–H and O–H groups in total. The molecule has 0 saturated carbocycles. The van der Waals surface area contributed by atoms with Crippen LogP contribution in [0.15, 0.2) is 0 Å². The molecule has 1 aliphatic rings. The van der Waals surface area contributed by atoms with Crippen LogP contribution in [0.1, 0.15) is 13.8 Å². The van der Waals surface area contributed by atoms with Crippen LogP contribution < -0.4 is 0 Å². The summed E-state index contributed by atoms with van der Waals surface area (Å²) in [6.07, 6.45) is 0. The van der Waals surface area contributed by atoms with Gasteiger partial charge >= 0.3 is 0 Å². The van der Waals surface area contributed by atoms with Crippen molar-refractivity contribution in [2.45, 2.75) is 19.3 Å². The van der Waals surface area contributed by atoms with E-state index >= 15 is 0 Å². The second-order valence-electron chi connectivity index (χ2n) is 2.06. The Morgan fingerprint density at radius 2 is 2.29 bits per heavy atom. The Kier molecular flexibility index (Phi) is 1.78. The molecule has 0 aromatic carbocycles. The van der Waals surface area contributed by atoms with Crippen molar-refractivity contribution in [3.05, 3.63) is 0 Å². The smallest absolute Gasteiger partial charge is 0.226 e. The molecule has 1 nitrogen and oxygen atoms in total. The second kappa shape index (κ2) is 2.20. The third kappa shape index (κ3) is 1.21. The zero-order valence-corrected chi connectivity index (χ0v) is 6.91. The van der Waals surface area contributed by atoms with Gasteiger partial charge < -0.3 is 4.43 Å². The number of rotatable bonds is 1. The molecule has 1 unspecified atom stereocenters. The summed E-state index contributed by atoms with van der Waals surface area (Å²) < 4.78 is 5.29. The van der Waals surface area contributed by atoms with Gasteiger partial charge in [0.15, 0.2) is 0 Å². The maximum absolute atomic E-state index is 5.29. The first-order chi connectivity index (χ1) is 3.30. The van der Waals surface area contributed by atoms with Gasteiger partial charge in [0.25, 0.3) is 0 Å². The molecule has 0 amide bonds. The molecule has 0 radical (unpaired) electrons. The van der Waals surface area contributed by atoms with Gasteiger partial charge in [-0.05, 0) is 5.92 Å². The maximum atomic E-state index is 5.29. The Morgan fingerprint density at radius 1 is 1.71 bits per heavy atom. The molecule has 3 heteroatoms. The van der Waals surface area contributed by atoms with Crippen molar-refractivity contribution in [1.29, 1.82) is 0 Å². The highest BCUT2D eigenvalue weighted by molar-refractivity contribution is 8.24. The van der Waals surface area contributed by atoms with Crippen LogP contribution in [-0.2, 0) is 4.43 Å². The van der Waals surface area contributed by atoms with Crippen molar-refractivity contribution in [3.8, 4) is 0 Å². The molecule has 1 heterocycles. The van der Waals surface area contributed by atoms with E-state index in [9.17, 15) is 0 Å². The fourth-order valence-corrected chi connectivity index (χ4v) is 3.63. The van der Waals surface area contributed by atoms with Crippen LogP contribution in [0.4, 0.5) is 0 Å². The third-order valence-electron chi connectivity index (χ3n) is 1.01. The summed E-state index contributed by atoms with van der Waals surface area (Å²) in [6.45, 7) is 4.40. The molecule has 0 aromatic heterocycles. The molecule has 1 rings (SSSR count). The monoisotopic (exact) mass is 134 g/mol. The lowest BCUT2D eigenvalue weighted by molar-refractivity contribution is 0.239. The molecule has 0 bridgehead atoms. The molecule has 1 aliphatic heterocycles. The quantitative estimate of drug-likeness (QED) is 0.489. The van der Waals surface area contributed by atoms with Gasteiger partial charge in [0.05, 0.1) is 5.44 Å². The topological polar surface area (TPSA) is 9.23 Å². The Bertz CT molecular complexity index is 62.7. The number of hydrogen-bond acceptors (Lipinski definition) is 2. The van der Waals surface area contributed by atoms with Gasteiger partial charge in [-0.15, -0.1) is 11.2 Å². The summed E-state index contributed by atoms with van der Waals surface area (Å²) in [5.41, 5.74) is 0.562. The third-order valence-corrected chi connectivity index (χ3v) is 4.69. The summed E-state index contributed by atoms with van der Waals surface area (Å²) >= 11 is 2.03. The fraction of sp³-hybridized carbons (Fsp3) is 1.00. The molecular weight excluding hydrogens is 124 g/mol. The molecule has 1 saturated heterocycles. The normalized spacial score (nSPS) is 33.9. The minimum absolute atomic E-state index is 0.0686. The maximum Gasteiger partial charge on any atom is 0.226 e.